The number of aromatic nitrogens is 1. The standard InChI is InChI=1S/C30H45N5O4/c1-30(2,3)33-29(37)39-20-22-12-10-21(11-13-22)17-31-28(36)25-16-27(32-26-9-7-6-8-24(25)26)35-18-23(19-35)38-15-14-34(4)5/h6-9,16,21-23H,10-15,17-20H2,1-5H3,(H,31,36)(H,33,37). The number of para-hydroxylation sites is 1. The minimum absolute atomic E-state index is 0.0570. The van der Waals surface area contributed by atoms with Crippen LogP contribution < -0.4 is 15.5 Å². The van der Waals surface area contributed by atoms with Crippen molar-refractivity contribution in [3.8, 4) is 0 Å². The highest BCUT2D eigenvalue weighted by atomic mass is 16.5. The van der Waals surface area contributed by atoms with Crippen molar-refractivity contribution in [2.75, 3.05) is 58.4 Å². The molecule has 1 aromatic heterocycles. The molecule has 39 heavy (non-hydrogen) atoms. The maximum Gasteiger partial charge on any atom is 0.407 e. The third kappa shape index (κ3) is 8.54. The summed E-state index contributed by atoms with van der Waals surface area (Å²) < 4.78 is 11.4. The van der Waals surface area contributed by atoms with Gasteiger partial charge in [-0.2, -0.15) is 0 Å². The first-order chi connectivity index (χ1) is 18.6. The molecule has 2 amide bonds. The summed E-state index contributed by atoms with van der Waals surface area (Å²) in [5.41, 5.74) is 1.19. The van der Waals surface area contributed by atoms with Gasteiger partial charge in [-0.1, -0.05) is 18.2 Å². The van der Waals surface area contributed by atoms with Gasteiger partial charge >= 0.3 is 6.09 Å². The van der Waals surface area contributed by atoms with Gasteiger partial charge in [-0.15, -0.1) is 0 Å². The lowest BCUT2D eigenvalue weighted by molar-refractivity contribution is 0.0265. The number of nitrogens with zero attached hydrogens (tertiary/aromatic N) is 3. The van der Waals surface area contributed by atoms with Crippen molar-refractivity contribution in [2.24, 2.45) is 11.8 Å². The lowest BCUT2D eigenvalue weighted by atomic mass is 9.82. The van der Waals surface area contributed by atoms with Crippen LogP contribution in [0.15, 0.2) is 30.3 Å². The molecule has 0 spiro atoms. The van der Waals surface area contributed by atoms with Crippen molar-refractivity contribution >= 4 is 28.7 Å². The summed E-state index contributed by atoms with van der Waals surface area (Å²) in [6.07, 6.45) is 3.87. The number of alkyl carbamates (subject to hydrolysis) is 1. The summed E-state index contributed by atoms with van der Waals surface area (Å²) in [5, 5.41) is 6.90. The van der Waals surface area contributed by atoms with E-state index >= 15 is 0 Å². The molecule has 9 nitrogen and oxygen atoms in total. The van der Waals surface area contributed by atoms with Crippen LogP contribution in [-0.4, -0.2) is 87.0 Å². The van der Waals surface area contributed by atoms with E-state index in [0.29, 0.717) is 37.2 Å². The van der Waals surface area contributed by atoms with Gasteiger partial charge in [-0.25, -0.2) is 9.78 Å². The quantitative estimate of drug-likeness (QED) is 0.470. The number of pyridine rings is 1. The number of carbonyl (C=O) groups is 2. The predicted octanol–water partition coefficient (Wildman–Crippen LogP) is 4.06. The molecule has 0 radical (unpaired) electrons. The molecule has 2 aliphatic rings. The highest BCUT2D eigenvalue weighted by molar-refractivity contribution is 6.07. The number of hydrogen-bond donors (Lipinski definition) is 2. The first-order valence-corrected chi connectivity index (χ1v) is 14.2. The lowest BCUT2D eigenvalue weighted by Gasteiger charge is -2.40. The summed E-state index contributed by atoms with van der Waals surface area (Å²) >= 11 is 0. The average molecular weight is 540 g/mol. The summed E-state index contributed by atoms with van der Waals surface area (Å²) in [6.45, 7) is 10.1. The second-order valence-corrected chi connectivity index (χ2v) is 12.3. The lowest BCUT2D eigenvalue weighted by Crippen LogP contribution is -2.53. The first-order valence-electron chi connectivity index (χ1n) is 14.2. The molecule has 2 N–H and O–H groups in total. The van der Waals surface area contributed by atoms with E-state index in [0.717, 1.165) is 62.0 Å². The van der Waals surface area contributed by atoms with E-state index in [-0.39, 0.29) is 23.6 Å². The number of likely N-dealkylation sites (N-methyl/N-ethyl adjacent to an activating group) is 1. The van der Waals surface area contributed by atoms with Gasteiger partial charge < -0.3 is 29.9 Å². The van der Waals surface area contributed by atoms with Gasteiger partial charge in [0.2, 0.25) is 0 Å². The largest absolute Gasteiger partial charge is 0.449 e. The van der Waals surface area contributed by atoms with Crippen LogP contribution in [0.25, 0.3) is 10.9 Å². The number of nitrogens with one attached hydrogen (secondary N) is 2. The third-order valence-corrected chi connectivity index (χ3v) is 7.46. The molecule has 2 fully saturated rings. The Morgan fingerprint density at radius 1 is 1.08 bits per heavy atom. The van der Waals surface area contributed by atoms with Crippen LogP contribution in [0.4, 0.5) is 10.6 Å². The Labute approximate surface area is 232 Å². The molecule has 1 saturated heterocycles. The number of hydrogen-bond acceptors (Lipinski definition) is 7. The van der Waals surface area contributed by atoms with Crippen molar-refractivity contribution in [1.82, 2.24) is 20.5 Å². The highest BCUT2D eigenvalue weighted by Crippen LogP contribution is 2.30. The maximum absolute atomic E-state index is 13.4. The Hall–Kier alpha value is -2.91. The fraction of sp³-hybridized carbons (Fsp3) is 0.633. The smallest absolute Gasteiger partial charge is 0.407 e. The third-order valence-electron chi connectivity index (χ3n) is 7.46. The summed E-state index contributed by atoms with van der Waals surface area (Å²) in [7, 11) is 4.08. The van der Waals surface area contributed by atoms with Crippen LogP contribution in [0.1, 0.15) is 56.8 Å². The predicted molar refractivity (Wildman–Crippen MR) is 154 cm³/mol. The van der Waals surface area contributed by atoms with Gasteiger partial charge in [0.1, 0.15) is 5.82 Å². The van der Waals surface area contributed by atoms with Crippen molar-refractivity contribution < 1.29 is 19.1 Å². The summed E-state index contributed by atoms with van der Waals surface area (Å²) in [5.74, 6) is 1.57. The van der Waals surface area contributed by atoms with Crippen molar-refractivity contribution in [3.05, 3.63) is 35.9 Å². The minimum atomic E-state index is -0.355. The van der Waals surface area contributed by atoms with E-state index in [4.69, 9.17) is 14.5 Å². The van der Waals surface area contributed by atoms with Gasteiger partial charge in [0, 0.05) is 37.1 Å². The number of fused-ring (bicyclic) bond motifs is 1. The minimum Gasteiger partial charge on any atom is -0.449 e. The molecule has 1 aliphatic heterocycles. The number of amides is 2. The zero-order valence-corrected chi connectivity index (χ0v) is 24.2. The normalized spacial score (nSPS) is 20.1. The van der Waals surface area contributed by atoms with Gasteiger partial charge in [-0.3, -0.25) is 4.79 Å². The van der Waals surface area contributed by atoms with E-state index in [2.05, 4.69) is 20.4 Å². The van der Waals surface area contributed by atoms with Crippen molar-refractivity contribution in [3.63, 3.8) is 0 Å². The van der Waals surface area contributed by atoms with Crippen LogP contribution in [0.3, 0.4) is 0 Å². The summed E-state index contributed by atoms with van der Waals surface area (Å²) in [4.78, 5) is 34.4. The molecule has 9 heteroatoms. The second-order valence-electron chi connectivity index (χ2n) is 12.3. The molecule has 2 aromatic rings. The zero-order valence-electron chi connectivity index (χ0n) is 24.2. The van der Waals surface area contributed by atoms with Crippen LogP contribution in [0, 0.1) is 11.8 Å². The van der Waals surface area contributed by atoms with Gasteiger partial charge in [0.25, 0.3) is 5.91 Å². The van der Waals surface area contributed by atoms with Crippen molar-refractivity contribution in [2.45, 2.75) is 58.1 Å². The SMILES string of the molecule is CN(C)CCOC1CN(c2cc(C(=O)NCC3CCC(COC(=O)NC(C)(C)C)CC3)c3ccccc3n2)C1. The number of rotatable bonds is 10. The molecular weight excluding hydrogens is 494 g/mol. The topological polar surface area (TPSA) is 96.0 Å². The van der Waals surface area contributed by atoms with Gasteiger partial charge in [0.15, 0.2) is 0 Å². The second kappa shape index (κ2) is 13.0. The number of benzene rings is 1. The monoisotopic (exact) mass is 539 g/mol. The van der Waals surface area contributed by atoms with E-state index in [1.807, 2.05) is 65.2 Å². The average Bonchev–Trinajstić information content (AvgIpc) is 2.86. The summed E-state index contributed by atoms with van der Waals surface area (Å²) in [6, 6.07) is 9.75. The number of carbonyl (C=O) groups excluding carboxylic acids is 2. The molecule has 214 valence electrons. The van der Waals surface area contributed by atoms with Crippen LogP contribution in [-0.2, 0) is 9.47 Å². The Balaban J connectivity index is 1.27. The van der Waals surface area contributed by atoms with Crippen molar-refractivity contribution in [1.29, 1.82) is 0 Å². The molecule has 4 rings (SSSR count). The van der Waals surface area contributed by atoms with Crippen LogP contribution >= 0.6 is 0 Å². The zero-order chi connectivity index (χ0) is 28.0. The molecule has 0 atom stereocenters. The van der Waals surface area contributed by atoms with Gasteiger partial charge in [-0.05, 0) is 84.5 Å². The molecular formula is C30H45N5O4. The Morgan fingerprint density at radius 3 is 2.46 bits per heavy atom. The van der Waals surface area contributed by atoms with E-state index < -0.39 is 0 Å². The molecule has 0 unspecified atom stereocenters. The van der Waals surface area contributed by atoms with Crippen LogP contribution in [0.5, 0.6) is 0 Å². The maximum atomic E-state index is 13.4. The molecule has 1 saturated carbocycles. The van der Waals surface area contributed by atoms with E-state index in [9.17, 15) is 9.59 Å². The molecule has 2 heterocycles. The van der Waals surface area contributed by atoms with Gasteiger partial charge in [0.05, 0.1) is 30.4 Å². The number of ether oxygens (including phenoxy) is 2. The first kappa shape index (κ1) is 29.1. The highest BCUT2D eigenvalue weighted by Gasteiger charge is 2.30. The Bertz CT molecular complexity index is 1120. The Kier molecular flexibility index (Phi) is 9.67. The molecule has 0 bridgehead atoms. The van der Waals surface area contributed by atoms with E-state index in [1.165, 1.54) is 0 Å². The number of anilines is 1. The fourth-order valence-electron chi connectivity index (χ4n) is 5.11. The fourth-order valence-corrected chi connectivity index (χ4v) is 5.11. The molecule has 1 aromatic carbocycles. The van der Waals surface area contributed by atoms with Crippen LogP contribution in [0.2, 0.25) is 0 Å². The Morgan fingerprint density at radius 2 is 1.77 bits per heavy atom. The van der Waals surface area contributed by atoms with E-state index in [1.54, 1.807) is 0 Å². The molecule has 1 aliphatic carbocycles.